The van der Waals surface area contributed by atoms with Gasteiger partial charge in [-0.25, -0.2) is 8.42 Å². The Morgan fingerprint density at radius 1 is 1.29 bits per heavy atom. The molecule has 3 heterocycles. The van der Waals surface area contributed by atoms with Crippen LogP contribution in [0.25, 0.3) is 0 Å². The number of carbonyl (C=O) groups excluding carboxylic acids is 1. The van der Waals surface area contributed by atoms with Gasteiger partial charge in [0.25, 0.3) is 5.91 Å². The van der Waals surface area contributed by atoms with Crippen LogP contribution in [0.2, 0.25) is 0 Å². The smallest absolute Gasteiger partial charge is 0.274 e. The topological polar surface area (TPSA) is 86.4 Å². The largest absolute Gasteiger partial charge is 0.334 e. The van der Waals surface area contributed by atoms with E-state index in [0.29, 0.717) is 12.2 Å². The van der Waals surface area contributed by atoms with Crippen LogP contribution < -0.4 is 4.31 Å². The summed E-state index contributed by atoms with van der Waals surface area (Å²) in [6.07, 6.45) is 0.733. The molecule has 8 heteroatoms. The van der Waals surface area contributed by atoms with Gasteiger partial charge in [-0.15, -0.1) is 0 Å². The predicted molar refractivity (Wildman–Crippen MR) is 89.4 cm³/mol. The second-order valence-corrected chi connectivity index (χ2v) is 8.40. The first-order valence-electron chi connectivity index (χ1n) is 7.87. The third kappa shape index (κ3) is 2.29. The number of aryl methyl sites for hydroxylation is 1. The predicted octanol–water partition coefficient (Wildman–Crippen LogP) is 0.935. The number of rotatable bonds is 3. The molecule has 7 nitrogen and oxygen atoms in total. The Hall–Kier alpha value is -2.35. The van der Waals surface area contributed by atoms with Gasteiger partial charge in [-0.2, -0.15) is 5.10 Å². The quantitative estimate of drug-likeness (QED) is 0.896. The lowest BCUT2D eigenvalue weighted by Gasteiger charge is -2.40. The first-order chi connectivity index (χ1) is 11.5. The highest BCUT2D eigenvalue weighted by Gasteiger charge is 2.44. The molecule has 0 unspecified atom stereocenters. The van der Waals surface area contributed by atoms with E-state index >= 15 is 0 Å². The van der Waals surface area contributed by atoms with Crippen molar-refractivity contribution in [2.45, 2.75) is 18.6 Å². The van der Waals surface area contributed by atoms with Gasteiger partial charge in [-0.1, -0.05) is 18.2 Å². The zero-order chi connectivity index (χ0) is 16.9. The van der Waals surface area contributed by atoms with Gasteiger partial charge >= 0.3 is 0 Å². The number of aromatic amines is 1. The average molecular weight is 346 g/mol. The van der Waals surface area contributed by atoms with Gasteiger partial charge in [-0.3, -0.25) is 14.2 Å². The van der Waals surface area contributed by atoms with Crippen LogP contribution in [0.15, 0.2) is 30.3 Å². The number of aromatic nitrogens is 2. The third-order valence-electron chi connectivity index (χ3n) is 4.63. The van der Waals surface area contributed by atoms with E-state index in [2.05, 4.69) is 10.2 Å². The molecule has 0 radical (unpaired) electrons. The molecule has 2 aromatic rings. The minimum Gasteiger partial charge on any atom is -0.334 e. The molecule has 1 amide bonds. The monoisotopic (exact) mass is 346 g/mol. The summed E-state index contributed by atoms with van der Waals surface area (Å²) in [5, 5.41) is 6.11. The van der Waals surface area contributed by atoms with Crippen LogP contribution in [-0.2, 0) is 16.4 Å². The maximum Gasteiger partial charge on any atom is 0.274 e. The van der Waals surface area contributed by atoms with Crippen LogP contribution in [0.4, 0.5) is 5.69 Å². The molecule has 4 rings (SSSR count). The minimum atomic E-state index is -3.45. The van der Waals surface area contributed by atoms with Gasteiger partial charge in [0, 0.05) is 25.3 Å². The van der Waals surface area contributed by atoms with Crippen LogP contribution in [0, 0.1) is 6.92 Å². The molecule has 0 aliphatic carbocycles. The molecule has 1 fully saturated rings. The maximum atomic E-state index is 12.9. The van der Waals surface area contributed by atoms with Crippen LogP contribution in [0.1, 0.15) is 21.7 Å². The van der Waals surface area contributed by atoms with Crippen molar-refractivity contribution in [2.24, 2.45) is 0 Å². The fraction of sp³-hybridized carbons (Fsp3) is 0.375. The molecule has 1 N–H and O–H groups in total. The van der Waals surface area contributed by atoms with E-state index in [9.17, 15) is 13.2 Å². The SMILES string of the molecule is Cc1cc(C(=O)N2CC(S(=O)(=O)N3CCc4ccccc43)C2)n[nH]1. The van der Waals surface area contributed by atoms with Crippen LogP contribution in [0.3, 0.4) is 0 Å². The van der Waals surface area contributed by atoms with E-state index in [4.69, 9.17) is 0 Å². The minimum absolute atomic E-state index is 0.214. The van der Waals surface area contributed by atoms with Crippen molar-refractivity contribution in [1.29, 1.82) is 0 Å². The molecule has 2 aliphatic rings. The number of anilines is 1. The average Bonchev–Trinajstić information content (AvgIpc) is 3.11. The van der Waals surface area contributed by atoms with Crippen molar-refractivity contribution in [1.82, 2.24) is 15.1 Å². The first kappa shape index (κ1) is 15.2. The zero-order valence-electron chi connectivity index (χ0n) is 13.3. The number of carbonyl (C=O) groups is 1. The summed E-state index contributed by atoms with van der Waals surface area (Å²) in [5.74, 6) is -0.229. The van der Waals surface area contributed by atoms with E-state index in [-0.39, 0.29) is 19.0 Å². The third-order valence-corrected chi connectivity index (χ3v) is 6.77. The van der Waals surface area contributed by atoms with Crippen LogP contribution in [-0.4, -0.2) is 54.3 Å². The maximum absolute atomic E-state index is 12.9. The molecule has 1 saturated heterocycles. The number of para-hydroxylation sites is 1. The van der Waals surface area contributed by atoms with Crippen molar-refractivity contribution in [3.8, 4) is 0 Å². The number of amides is 1. The molecule has 2 aliphatic heterocycles. The molecule has 0 atom stereocenters. The van der Waals surface area contributed by atoms with Crippen molar-refractivity contribution in [2.75, 3.05) is 23.9 Å². The fourth-order valence-electron chi connectivity index (χ4n) is 3.23. The lowest BCUT2D eigenvalue weighted by atomic mass is 10.2. The summed E-state index contributed by atoms with van der Waals surface area (Å²) in [6.45, 7) is 2.72. The Morgan fingerprint density at radius 2 is 2.04 bits per heavy atom. The van der Waals surface area contributed by atoms with Gasteiger partial charge in [0.05, 0.1) is 5.69 Å². The molecule has 0 spiro atoms. The Morgan fingerprint density at radius 3 is 2.75 bits per heavy atom. The molecule has 1 aromatic carbocycles. The zero-order valence-corrected chi connectivity index (χ0v) is 14.1. The Balaban J connectivity index is 1.48. The highest BCUT2D eigenvalue weighted by Crippen LogP contribution is 2.33. The molecule has 0 saturated carbocycles. The van der Waals surface area contributed by atoms with E-state index in [1.807, 2.05) is 31.2 Å². The molecular weight excluding hydrogens is 328 g/mol. The fourth-order valence-corrected chi connectivity index (χ4v) is 5.13. The Bertz CT molecular complexity index is 900. The van der Waals surface area contributed by atoms with Gasteiger partial charge in [0.2, 0.25) is 10.0 Å². The van der Waals surface area contributed by atoms with Crippen molar-refractivity contribution in [3.05, 3.63) is 47.3 Å². The summed E-state index contributed by atoms with van der Waals surface area (Å²) >= 11 is 0. The van der Waals surface area contributed by atoms with Crippen molar-refractivity contribution in [3.63, 3.8) is 0 Å². The number of nitrogens with zero attached hydrogens (tertiary/aromatic N) is 3. The van der Waals surface area contributed by atoms with Crippen molar-refractivity contribution < 1.29 is 13.2 Å². The van der Waals surface area contributed by atoms with Crippen LogP contribution in [0.5, 0.6) is 0 Å². The number of sulfonamides is 1. The number of fused-ring (bicyclic) bond motifs is 1. The molecular formula is C16H18N4O3S. The number of benzene rings is 1. The molecule has 0 bridgehead atoms. The Kier molecular flexibility index (Phi) is 3.38. The first-order valence-corrected chi connectivity index (χ1v) is 9.38. The highest BCUT2D eigenvalue weighted by molar-refractivity contribution is 7.93. The summed E-state index contributed by atoms with van der Waals surface area (Å²) in [4.78, 5) is 13.8. The van der Waals surface area contributed by atoms with Crippen LogP contribution >= 0.6 is 0 Å². The van der Waals surface area contributed by atoms with Crippen molar-refractivity contribution >= 4 is 21.6 Å². The summed E-state index contributed by atoms with van der Waals surface area (Å²) < 4.78 is 27.2. The van der Waals surface area contributed by atoms with Gasteiger partial charge in [0.1, 0.15) is 10.9 Å². The lowest BCUT2D eigenvalue weighted by Crippen LogP contribution is -2.60. The number of hydrogen-bond acceptors (Lipinski definition) is 4. The molecule has 126 valence electrons. The normalized spacial score (nSPS) is 17.7. The van der Waals surface area contributed by atoms with E-state index in [0.717, 1.165) is 23.4 Å². The van der Waals surface area contributed by atoms with Gasteiger partial charge < -0.3 is 4.90 Å². The number of hydrogen-bond donors (Lipinski definition) is 1. The molecule has 24 heavy (non-hydrogen) atoms. The number of H-pyrrole nitrogens is 1. The van der Waals surface area contributed by atoms with E-state index < -0.39 is 15.3 Å². The Labute approximate surface area is 140 Å². The second kappa shape index (κ2) is 5.34. The standard InChI is InChI=1S/C16H18N4O3S/c1-11-8-14(18-17-11)16(21)19-9-13(10-19)24(22,23)20-7-6-12-4-2-3-5-15(12)20/h2-5,8,13H,6-7,9-10H2,1H3,(H,17,18). The summed E-state index contributed by atoms with van der Waals surface area (Å²) in [5.41, 5.74) is 2.96. The number of nitrogens with one attached hydrogen (secondary N) is 1. The van der Waals surface area contributed by atoms with Gasteiger partial charge in [-0.05, 0) is 31.0 Å². The molecule has 1 aromatic heterocycles. The van der Waals surface area contributed by atoms with E-state index in [1.165, 1.54) is 9.21 Å². The van der Waals surface area contributed by atoms with E-state index in [1.54, 1.807) is 6.07 Å². The highest BCUT2D eigenvalue weighted by atomic mass is 32.2. The van der Waals surface area contributed by atoms with Gasteiger partial charge in [0.15, 0.2) is 0 Å². The lowest BCUT2D eigenvalue weighted by molar-refractivity contribution is 0.0652. The summed E-state index contributed by atoms with van der Waals surface area (Å²) in [7, 11) is -3.45. The second-order valence-electron chi connectivity index (χ2n) is 6.26. The number of likely N-dealkylation sites (tertiary alicyclic amines) is 1. The summed E-state index contributed by atoms with van der Waals surface area (Å²) in [6, 6.07) is 9.24.